The summed E-state index contributed by atoms with van der Waals surface area (Å²) in [5, 5.41) is 0. The largest absolute Gasteiger partial charge is 0.329 e. The Morgan fingerprint density at radius 2 is 1.65 bits per heavy atom. The molecule has 0 aliphatic rings. The summed E-state index contributed by atoms with van der Waals surface area (Å²) in [5.74, 6) is 0.667. The normalized spacial score (nSPS) is 13.4. The van der Waals surface area contributed by atoms with Gasteiger partial charge in [0.15, 0.2) is 0 Å². The molecule has 2 nitrogen and oxygen atoms in total. The molecule has 17 heavy (non-hydrogen) atoms. The Hall–Kier alpha value is -0.860. The number of nitrogens with zero attached hydrogens (tertiary/aromatic N) is 1. The highest BCUT2D eigenvalue weighted by molar-refractivity contribution is 5.30. The fourth-order valence-electron chi connectivity index (χ4n) is 2.48. The van der Waals surface area contributed by atoms with Crippen LogP contribution in [0.25, 0.3) is 0 Å². The molecule has 1 aromatic rings. The van der Waals surface area contributed by atoms with E-state index in [4.69, 9.17) is 5.73 Å². The van der Waals surface area contributed by atoms with Crippen molar-refractivity contribution in [3.8, 4) is 0 Å². The molecule has 0 aliphatic carbocycles. The Morgan fingerprint density at radius 1 is 1.12 bits per heavy atom. The van der Waals surface area contributed by atoms with E-state index in [0.29, 0.717) is 18.5 Å². The first kappa shape index (κ1) is 14.2. The molecule has 0 radical (unpaired) electrons. The lowest BCUT2D eigenvalue weighted by molar-refractivity contribution is 0.223. The van der Waals surface area contributed by atoms with Gasteiger partial charge in [-0.3, -0.25) is 4.90 Å². The maximum Gasteiger partial charge on any atom is 0.0467 e. The molecule has 1 unspecified atom stereocenters. The lowest BCUT2D eigenvalue weighted by Gasteiger charge is -2.29. The van der Waals surface area contributed by atoms with Crippen LogP contribution in [-0.4, -0.2) is 25.0 Å². The third kappa shape index (κ3) is 4.14. The van der Waals surface area contributed by atoms with Gasteiger partial charge in [0, 0.05) is 19.1 Å². The van der Waals surface area contributed by atoms with Crippen LogP contribution < -0.4 is 5.73 Å². The van der Waals surface area contributed by atoms with Crippen molar-refractivity contribution in [2.75, 3.05) is 20.1 Å². The first-order chi connectivity index (χ1) is 7.93. The quantitative estimate of drug-likeness (QED) is 0.849. The van der Waals surface area contributed by atoms with Crippen molar-refractivity contribution in [1.82, 2.24) is 4.90 Å². The zero-order chi connectivity index (χ0) is 13.0. The van der Waals surface area contributed by atoms with Crippen molar-refractivity contribution in [2.45, 2.75) is 33.7 Å². The summed E-state index contributed by atoms with van der Waals surface area (Å²) in [6, 6.07) is 7.04. The van der Waals surface area contributed by atoms with Crippen LogP contribution in [0.4, 0.5) is 0 Å². The average molecular weight is 234 g/mol. The first-order valence-electron chi connectivity index (χ1n) is 6.42. The molecule has 0 fully saturated rings. The second-order valence-corrected chi connectivity index (χ2v) is 5.51. The van der Waals surface area contributed by atoms with E-state index < -0.39 is 0 Å². The Balaban J connectivity index is 2.92. The Labute approximate surface area is 106 Å². The summed E-state index contributed by atoms with van der Waals surface area (Å²) in [5.41, 5.74) is 9.91. The first-order valence-corrected chi connectivity index (χ1v) is 6.42. The number of likely N-dealkylation sites (N-methyl/N-ethyl adjacent to an activating group) is 1. The third-order valence-corrected chi connectivity index (χ3v) is 3.04. The van der Waals surface area contributed by atoms with Gasteiger partial charge in [-0.25, -0.2) is 0 Å². The van der Waals surface area contributed by atoms with Crippen molar-refractivity contribution in [3.63, 3.8) is 0 Å². The molecule has 0 amide bonds. The molecule has 0 saturated heterocycles. The monoisotopic (exact) mass is 234 g/mol. The van der Waals surface area contributed by atoms with E-state index in [1.807, 2.05) is 0 Å². The molecule has 1 atom stereocenters. The molecule has 0 spiro atoms. The highest BCUT2D eigenvalue weighted by Gasteiger charge is 2.16. The van der Waals surface area contributed by atoms with Crippen LogP contribution in [0, 0.1) is 19.8 Å². The molecule has 2 N–H and O–H groups in total. The molecule has 0 bridgehead atoms. The topological polar surface area (TPSA) is 29.3 Å². The Kier molecular flexibility index (Phi) is 5.16. The van der Waals surface area contributed by atoms with E-state index in [9.17, 15) is 0 Å². The highest BCUT2D eigenvalue weighted by Crippen LogP contribution is 2.21. The molecular weight excluding hydrogens is 208 g/mol. The van der Waals surface area contributed by atoms with Crippen LogP contribution in [0.3, 0.4) is 0 Å². The van der Waals surface area contributed by atoms with E-state index >= 15 is 0 Å². The summed E-state index contributed by atoms with van der Waals surface area (Å²) in [4.78, 5) is 2.36. The van der Waals surface area contributed by atoms with Crippen LogP contribution >= 0.6 is 0 Å². The predicted octanol–water partition coefficient (Wildman–Crippen LogP) is 2.89. The number of nitrogens with two attached hydrogens (primary N) is 1. The van der Waals surface area contributed by atoms with Gasteiger partial charge in [-0.05, 0) is 32.4 Å². The van der Waals surface area contributed by atoms with Crippen LogP contribution in [0.1, 0.15) is 36.6 Å². The minimum atomic E-state index is 0.330. The van der Waals surface area contributed by atoms with Gasteiger partial charge in [-0.2, -0.15) is 0 Å². The van der Waals surface area contributed by atoms with Gasteiger partial charge in [0.2, 0.25) is 0 Å². The molecule has 96 valence electrons. The van der Waals surface area contributed by atoms with Crippen molar-refractivity contribution in [2.24, 2.45) is 11.7 Å². The zero-order valence-corrected chi connectivity index (χ0v) is 11.8. The summed E-state index contributed by atoms with van der Waals surface area (Å²) in [7, 11) is 2.16. The second kappa shape index (κ2) is 6.18. The fourth-order valence-corrected chi connectivity index (χ4v) is 2.48. The van der Waals surface area contributed by atoms with Gasteiger partial charge in [-0.1, -0.05) is 43.2 Å². The number of hydrogen-bond acceptors (Lipinski definition) is 2. The lowest BCUT2D eigenvalue weighted by Crippen LogP contribution is -2.33. The molecule has 0 aromatic heterocycles. The minimum absolute atomic E-state index is 0.330. The Morgan fingerprint density at radius 3 is 2.06 bits per heavy atom. The molecule has 1 aromatic carbocycles. The van der Waals surface area contributed by atoms with E-state index in [2.05, 4.69) is 57.8 Å². The summed E-state index contributed by atoms with van der Waals surface area (Å²) in [6.45, 7) is 10.5. The Bertz CT molecular complexity index is 338. The van der Waals surface area contributed by atoms with E-state index in [0.717, 1.165) is 6.54 Å². The molecule has 1 rings (SSSR count). The predicted molar refractivity (Wildman–Crippen MR) is 75.2 cm³/mol. The lowest BCUT2D eigenvalue weighted by atomic mass is 10.00. The molecule has 0 heterocycles. The standard InChI is InChI=1S/C15H26N2/c1-11(2)10-17(5)15(9-16)14-7-12(3)6-13(4)8-14/h6-8,11,15H,9-10,16H2,1-5H3. The van der Waals surface area contributed by atoms with E-state index in [1.165, 1.54) is 16.7 Å². The van der Waals surface area contributed by atoms with Gasteiger partial charge < -0.3 is 5.73 Å². The van der Waals surface area contributed by atoms with Crippen molar-refractivity contribution in [3.05, 3.63) is 34.9 Å². The number of aryl methyl sites for hydroxylation is 2. The summed E-state index contributed by atoms with van der Waals surface area (Å²) in [6.07, 6.45) is 0. The molecular formula is C15H26N2. The minimum Gasteiger partial charge on any atom is -0.329 e. The maximum absolute atomic E-state index is 5.94. The average Bonchev–Trinajstić information content (AvgIpc) is 2.15. The summed E-state index contributed by atoms with van der Waals surface area (Å²) < 4.78 is 0. The highest BCUT2D eigenvalue weighted by atomic mass is 15.1. The fraction of sp³-hybridized carbons (Fsp3) is 0.600. The van der Waals surface area contributed by atoms with Crippen molar-refractivity contribution >= 4 is 0 Å². The van der Waals surface area contributed by atoms with E-state index in [1.54, 1.807) is 0 Å². The smallest absolute Gasteiger partial charge is 0.0467 e. The number of hydrogen-bond donors (Lipinski definition) is 1. The van der Waals surface area contributed by atoms with Crippen molar-refractivity contribution < 1.29 is 0 Å². The SMILES string of the molecule is Cc1cc(C)cc(C(CN)N(C)CC(C)C)c1. The van der Waals surface area contributed by atoms with Crippen LogP contribution in [0.15, 0.2) is 18.2 Å². The zero-order valence-electron chi connectivity index (χ0n) is 11.8. The second-order valence-electron chi connectivity index (χ2n) is 5.51. The molecule has 0 saturated carbocycles. The molecule has 2 heteroatoms. The van der Waals surface area contributed by atoms with Gasteiger partial charge in [0.05, 0.1) is 0 Å². The van der Waals surface area contributed by atoms with Crippen molar-refractivity contribution in [1.29, 1.82) is 0 Å². The van der Waals surface area contributed by atoms with Gasteiger partial charge in [0.25, 0.3) is 0 Å². The number of rotatable bonds is 5. The van der Waals surface area contributed by atoms with Gasteiger partial charge in [0.1, 0.15) is 0 Å². The van der Waals surface area contributed by atoms with Crippen LogP contribution in [-0.2, 0) is 0 Å². The van der Waals surface area contributed by atoms with Gasteiger partial charge in [-0.15, -0.1) is 0 Å². The third-order valence-electron chi connectivity index (χ3n) is 3.04. The molecule has 0 aliphatic heterocycles. The van der Waals surface area contributed by atoms with E-state index in [-0.39, 0.29) is 0 Å². The number of benzene rings is 1. The summed E-state index contributed by atoms with van der Waals surface area (Å²) >= 11 is 0. The maximum atomic E-state index is 5.94. The van der Waals surface area contributed by atoms with Crippen LogP contribution in [0.5, 0.6) is 0 Å². The van der Waals surface area contributed by atoms with Gasteiger partial charge >= 0.3 is 0 Å². The van der Waals surface area contributed by atoms with Crippen LogP contribution in [0.2, 0.25) is 0 Å².